The summed E-state index contributed by atoms with van der Waals surface area (Å²) in [7, 11) is 0. The van der Waals surface area contributed by atoms with Crippen LogP contribution in [-0.2, 0) is 5.41 Å². The number of pyridine rings is 2. The van der Waals surface area contributed by atoms with Crippen molar-refractivity contribution < 1.29 is 4.74 Å². The summed E-state index contributed by atoms with van der Waals surface area (Å²) in [4.78, 5) is 19.4. The van der Waals surface area contributed by atoms with E-state index in [0.29, 0.717) is 5.82 Å². The van der Waals surface area contributed by atoms with Crippen molar-refractivity contribution in [1.29, 1.82) is 0 Å². The van der Waals surface area contributed by atoms with Gasteiger partial charge in [0.15, 0.2) is 5.82 Å². The number of fused-ring (bicyclic) bond motifs is 10. The second-order valence-corrected chi connectivity index (χ2v) is 12.3. The average Bonchev–Trinajstić information content (AvgIpc) is 3.45. The second-order valence-electron chi connectivity index (χ2n) is 12.3. The molecule has 0 unspecified atom stereocenters. The highest BCUT2D eigenvalue weighted by molar-refractivity contribution is 5.94. The normalized spacial score (nSPS) is 13.3. The Kier molecular flexibility index (Phi) is 5.72. The Morgan fingerprint density at radius 3 is 1.96 bits per heavy atom. The predicted octanol–water partition coefficient (Wildman–Crippen LogP) is 9.89. The monoisotopic (exact) mass is 614 g/mol. The van der Waals surface area contributed by atoms with Crippen LogP contribution in [0.15, 0.2) is 158 Å². The van der Waals surface area contributed by atoms with Crippen molar-refractivity contribution in [2.24, 2.45) is 0 Å². The van der Waals surface area contributed by atoms with Gasteiger partial charge in [-0.3, -0.25) is 9.97 Å². The third kappa shape index (κ3) is 3.79. The summed E-state index contributed by atoms with van der Waals surface area (Å²) in [5.41, 5.74) is 12.3. The molecule has 0 fully saturated rings. The number of ether oxygens (including phenoxy) is 1. The molecule has 8 aromatic rings. The molecular weight excluding hydrogens is 589 g/mol. The summed E-state index contributed by atoms with van der Waals surface area (Å²) in [5, 5.41) is 1.04. The molecule has 5 nitrogen and oxygen atoms in total. The summed E-state index contributed by atoms with van der Waals surface area (Å²) in [6.45, 7) is 0. The van der Waals surface area contributed by atoms with Crippen LogP contribution in [0.1, 0.15) is 22.3 Å². The molecule has 1 aliphatic heterocycles. The molecule has 4 heterocycles. The van der Waals surface area contributed by atoms with Gasteiger partial charge >= 0.3 is 0 Å². The number of para-hydroxylation sites is 1. The molecule has 0 N–H and O–H groups in total. The fourth-order valence-electron chi connectivity index (χ4n) is 7.67. The van der Waals surface area contributed by atoms with E-state index in [1.54, 1.807) is 12.4 Å². The summed E-state index contributed by atoms with van der Waals surface area (Å²) >= 11 is 0. The molecule has 224 valence electrons. The van der Waals surface area contributed by atoms with Gasteiger partial charge in [-0.15, -0.1) is 0 Å². The van der Waals surface area contributed by atoms with Crippen LogP contribution in [-0.4, -0.2) is 19.9 Å². The number of hydrogen-bond donors (Lipinski definition) is 0. The van der Waals surface area contributed by atoms with Crippen molar-refractivity contribution in [2.75, 3.05) is 0 Å². The maximum atomic E-state index is 6.45. The molecule has 0 amide bonds. The lowest BCUT2D eigenvalue weighted by atomic mass is 9.67. The van der Waals surface area contributed by atoms with Crippen molar-refractivity contribution in [3.63, 3.8) is 0 Å². The van der Waals surface area contributed by atoms with Gasteiger partial charge in [-0.1, -0.05) is 103 Å². The van der Waals surface area contributed by atoms with E-state index in [9.17, 15) is 0 Å². The quantitative estimate of drug-likeness (QED) is 0.198. The third-order valence-electron chi connectivity index (χ3n) is 9.74. The highest BCUT2D eigenvalue weighted by Crippen LogP contribution is 2.62. The summed E-state index contributed by atoms with van der Waals surface area (Å²) in [5.74, 6) is 2.31. The first-order valence-electron chi connectivity index (χ1n) is 16.0. The smallest absolute Gasteiger partial charge is 0.160 e. The van der Waals surface area contributed by atoms with E-state index < -0.39 is 5.41 Å². The molecule has 3 aromatic heterocycles. The molecule has 0 radical (unpaired) electrons. The van der Waals surface area contributed by atoms with Crippen LogP contribution in [0.2, 0.25) is 0 Å². The van der Waals surface area contributed by atoms with Crippen LogP contribution in [0.25, 0.3) is 55.8 Å². The lowest BCUT2D eigenvalue weighted by Gasteiger charge is -2.38. The minimum atomic E-state index is -0.628. The molecule has 48 heavy (non-hydrogen) atoms. The van der Waals surface area contributed by atoms with Crippen LogP contribution in [0.3, 0.4) is 0 Å². The standard InChI is InChI=1S/C43H26N4O/c1-2-9-27(10-3-1)41-33-14-5-7-16-38(33)46-42(47-41)30-12-8-11-28(23-30)29-17-18-32-31-13-4-6-15-34(31)43(35(32)24-29)36-25-44-21-19-39(36)48-40-20-22-45-26-37(40)43/h1-26H. The minimum absolute atomic E-state index is 0.628. The SMILES string of the molecule is c1ccc(-c2nc(-c3cccc(-c4ccc5c(c4)C4(c6cnccc6Oc6ccncc64)c4ccccc4-5)c3)nc3ccccc23)cc1. The maximum Gasteiger partial charge on any atom is 0.160 e. The summed E-state index contributed by atoms with van der Waals surface area (Å²) in [6.07, 6.45) is 7.48. The van der Waals surface area contributed by atoms with Gasteiger partial charge < -0.3 is 4.74 Å². The molecule has 0 bridgehead atoms. The zero-order valence-electron chi connectivity index (χ0n) is 25.7. The Hall–Kier alpha value is -6.46. The van der Waals surface area contributed by atoms with Gasteiger partial charge in [-0.05, 0) is 63.7 Å². The van der Waals surface area contributed by atoms with Crippen molar-refractivity contribution >= 4 is 10.9 Å². The van der Waals surface area contributed by atoms with Crippen molar-refractivity contribution in [3.8, 4) is 56.4 Å². The van der Waals surface area contributed by atoms with Crippen LogP contribution < -0.4 is 4.74 Å². The summed E-state index contributed by atoms with van der Waals surface area (Å²) < 4.78 is 6.45. The molecular formula is C43H26N4O. The van der Waals surface area contributed by atoms with Gasteiger partial charge in [0, 0.05) is 52.4 Å². The zero-order valence-corrected chi connectivity index (χ0v) is 25.7. The zero-order chi connectivity index (χ0) is 31.7. The maximum absolute atomic E-state index is 6.45. The van der Waals surface area contributed by atoms with E-state index >= 15 is 0 Å². The van der Waals surface area contributed by atoms with Crippen molar-refractivity contribution in [2.45, 2.75) is 5.41 Å². The third-order valence-corrected chi connectivity index (χ3v) is 9.74. The highest BCUT2D eigenvalue weighted by atomic mass is 16.5. The molecule has 0 atom stereocenters. The number of rotatable bonds is 3. The van der Waals surface area contributed by atoms with Crippen LogP contribution >= 0.6 is 0 Å². The minimum Gasteiger partial charge on any atom is -0.456 e. The van der Waals surface area contributed by atoms with Gasteiger partial charge in [0.25, 0.3) is 0 Å². The fourth-order valence-corrected chi connectivity index (χ4v) is 7.67. The molecule has 1 aliphatic carbocycles. The molecule has 5 aromatic carbocycles. The Balaban J connectivity index is 1.17. The van der Waals surface area contributed by atoms with Crippen molar-refractivity contribution in [1.82, 2.24) is 19.9 Å². The van der Waals surface area contributed by atoms with E-state index in [0.717, 1.165) is 61.5 Å². The number of nitrogens with zero attached hydrogens (tertiary/aromatic N) is 4. The number of hydrogen-bond acceptors (Lipinski definition) is 5. The molecule has 0 saturated heterocycles. The average molecular weight is 615 g/mol. The van der Waals surface area contributed by atoms with Gasteiger partial charge in [-0.25, -0.2) is 9.97 Å². The van der Waals surface area contributed by atoms with Gasteiger partial charge in [0.2, 0.25) is 0 Å². The van der Waals surface area contributed by atoms with E-state index in [1.165, 1.54) is 22.3 Å². The van der Waals surface area contributed by atoms with Crippen molar-refractivity contribution in [3.05, 3.63) is 181 Å². The Labute approximate surface area is 277 Å². The van der Waals surface area contributed by atoms with E-state index in [4.69, 9.17) is 14.7 Å². The molecule has 2 aliphatic rings. The predicted molar refractivity (Wildman–Crippen MR) is 189 cm³/mol. The Morgan fingerprint density at radius 1 is 0.458 bits per heavy atom. The van der Waals surface area contributed by atoms with Crippen LogP contribution in [0.4, 0.5) is 0 Å². The van der Waals surface area contributed by atoms with E-state index in [2.05, 4.69) is 101 Å². The largest absolute Gasteiger partial charge is 0.456 e. The van der Waals surface area contributed by atoms with E-state index in [-0.39, 0.29) is 0 Å². The number of aromatic nitrogens is 4. The lowest BCUT2D eigenvalue weighted by Crippen LogP contribution is -2.32. The first-order chi connectivity index (χ1) is 23.8. The van der Waals surface area contributed by atoms with Crippen LogP contribution in [0, 0.1) is 0 Å². The second kappa shape index (κ2) is 10.3. The van der Waals surface area contributed by atoms with E-state index in [1.807, 2.05) is 54.9 Å². The number of benzene rings is 5. The molecule has 10 rings (SSSR count). The summed E-state index contributed by atoms with van der Waals surface area (Å²) in [6, 6.07) is 46.5. The molecule has 5 heteroatoms. The van der Waals surface area contributed by atoms with Gasteiger partial charge in [-0.2, -0.15) is 0 Å². The Morgan fingerprint density at radius 2 is 1.12 bits per heavy atom. The lowest BCUT2D eigenvalue weighted by molar-refractivity contribution is 0.433. The first-order valence-corrected chi connectivity index (χ1v) is 16.0. The van der Waals surface area contributed by atoms with Crippen LogP contribution in [0.5, 0.6) is 11.5 Å². The topological polar surface area (TPSA) is 60.8 Å². The Bertz CT molecular complexity index is 2520. The molecule has 1 spiro atoms. The van der Waals surface area contributed by atoms with Gasteiger partial charge in [0.1, 0.15) is 11.5 Å². The first kappa shape index (κ1) is 26.7. The fraction of sp³-hybridized carbons (Fsp3) is 0.0233. The highest BCUT2D eigenvalue weighted by Gasteiger charge is 2.51. The molecule has 0 saturated carbocycles. The van der Waals surface area contributed by atoms with Gasteiger partial charge in [0.05, 0.1) is 16.6 Å².